The Morgan fingerprint density at radius 2 is 2.05 bits per heavy atom. The highest BCUT2D eigenvalue weighted by atomic mass is 32.1. The number of rotatable bonds is 3. The van der Waals surface area contributed by atoms with Gasteiger partial charge in [0.15, 0.2) is 0 Å². The molecule has 0 spiro atoms. The average Bonchev–Trinajstić information content (AvgIpc) is 2.68. The lowest BCUT2D eigenvalue weighted by Crippen LogP contribution is -2.29. The number of hydrogen-bond donors (Lipinski definition) is 1. The summed E-state index contributed by atoms with van der Waals surface area (Å²) in [5.41, 5.74) is 4.88. The minimum atomic E-state index is 0.642. The number of aryl methyl sites for hydroxylation is 2. The van der Waals surface area contributed by atoms with Crippen molar-refractivity contribution in [3.63, 3.8) is 0 Å². The van der Waals surface area contributed by atoms with Crippen LogP contribution in [0.5, 0.6) is 0 Å². The van der Waals surface area contributed by atoms with Crippen LogP contribution in [0.3, 0.4) is 0 Å². The van der Waals surface area contributed by atoms with Crippen LogP contribution < -0.4 is 5.32 Å². The molecular formula is C16H18N4S. The molecule has 0 bridgehead atoms. The van der Waals surface area contributed by atoms with E-state index in [1.165, 1.54) is 0 Å². The van der Waals surface area contributed by atoms with Gasteiger partial charge in [-0.25, -0.2) is 4.99 Å². The maximum Gasteiger partial charge on any atom is 0.127 e. The van der Waals surface area contributed by atoms with Gasteiger partial charge >= 0.3 is 0 Å². The van der Waals surface area contributed by atoms with E-state index < -0.39 is 0 Å². The highest BCUT2D eigenvalue weighted by Gasteiger charge is 2.22. The number of benzene rings is 1. The van der Waals surface area contributed by atoms with E-state index in [0.29, 0.717) is 6.54 Å². The van der Waals surface area contributed by atoms with Crippen LogP contribution in [0.1, 0.15) is 30.3 Å². The van der Waals surface area contributed by atoms with Crippen LogP contribution >= 0.6 is 12.2 Å². The molecule has 0 radical (unpaired) electrons. The van der Waals surface area contributed by atoms with Gasteiger partial charge in [-0.05, 0) is 18.9 Å². The molecule has 0 fully saturated rings. The number of nitrogens with one attached hydrogen (secondary N) is 1. The van der Waals surface area contributed by atoms with Crippen molar-refractivity contribution in [2.45, 2.75) is 26.8 Å². The zero-order valence-corrected chi connectivity index (χ0v) is 13.1. The van der Waals surface area contributed by atoms with E-state index in [2.05, 4.69) is 29.5 Å². The smallest absolute Gasteiger partial charge is 0.127 e. The Hall–Kier alpha value is -2.01. The molecule has 2 aromatic rings. The number of aromatic nitrogens is 2. The first kappa shape index (κ1) is 13.9. The third-order valence-electron chi connectivity index (χ3n) is 3.52. The van der Waals surface area contributed by atoms with Gasteiger partial charge in [-0.15, -0.1) is 0 Å². The van der Waals surface area contributed by atoms with E-state index in [1.807, 2.05) is 29.8 Å². The Kier molecular flexibility index (Phi) is 3.84. The molecule has 0 saturated carbocycles. The number of aliphatic imine (C=N–C) groups is 1. The van der Waals surface area contributed by atoms with Gasteiger partial charge in [-0.1, -0.05) is 49.5 Å². The van der Waals surface area contributed by atoms with Crippen molar-refractivity contribution < 1.29 is 0 Å². The van der Waals surface area contributed by atoms with Crippen LogP contribution in [0.4, 0.5) is 5.69 Å². The van der Waals surface area contributed by atoms with Crippen molar-refractivity contribution in [2.75, 3.05) is 6.54 Å². The second-order valence-corrected chi connectivity index (χ2v) is 5.52. The molecule has 0 atom stereocenters. The van der Waals surface area contributed by atoms with E-state index in [-0.39, 0.29) is 0 Å². The maximum atomic E-state index is 5.52. The SMILES string of the molecule is CCCn1nc(C)c2c1C(=S)NCC(c1ccccc1)=N2. The largest absolute Gasteiger partial charge is 0.369 e. The number of fused-ring (bicyclic) bond motifs is 1. The van der Waals surface area contributed by atoms with E-state index >= 15 is 0 Å². The van der Waals surface area contributed by atoms with Gasteiger partial charge in [0.1, 0.15) is 16.4 Å². The average molecular weight is 298 g/mol. The summed E-state index contributed by atoms with van der Waals surface area (Å²) in [6.45, 7) is 5.62. The van der Waals surface area contributed by atoms with Gasteiger partial charge in [-0.2, -0.15) is 5.10 Å². The van der Waals surface area contributed by atoms with E-state index in [1.54, 1.807) is 0 Å². The van der Waals surface area contributed by atoms with Gasteiger partial charge in [0, 0.05) is 6.54 Å². The third-order valence-corrected chi connectivity index (χ3v) is 3.85. The highest BCUT2D eigenvalue weighted by Crippen LogP contribution is 2.27. The van der Waals surface area contributed by atoms with Crippen molar-refractivity contribution in [1.29, 1.82) is 0 Å². The molecule has 1 aliphatic heterocycles. The second-order valence-electron chi connectivity index (χ2n) is 5.11. The molecule has 4 nitrogen and oxygen atoms in total. The summed E-state index contributed by atoms with van der Waals surface area (Å²) in [7, 11) is 0. The Morgan fingerprint density at radius 3 is 2.76 bits per heavy atom. The molecule has 0 unspecified atom stereocenters. The van der Waals surface area contributed by atoms with Gasteiger partial charge in [0.05, 0.1) is 18.0 Å². The minimum Gasteiger partial charge on any atom is -0.369 e. The Balaban J connectivity index is 2.11. The van der Waals surface area contributed by atoms with E-state index in [4.69, 9.17) is 17.2 Å². The summed E-state index contributed by atoms with van der Waals surface area (Å²) in [4.78, 5) is 5.58. The first-order valence-corrected chi connectivity index (χ1v) is 7.60. The molecule has 5 heteroatoms. The molecule has 21 heavy (non-hydrogen) atoms. The minimum absolute atomic E-state index is 0.642. The van der Waals surface area contributed by atoms with Gasteiger partial charge in [0.25, 0.3) is 0 Å². The summed E-state index contributed by atoms with van der Waals surface area (Å²) in [5, 5.41) is 7.89. The van der Waals surface area contributed by atoms with Crippen molar-refractivity contribution in [2.24, 2.45) is 4.99 Å². The zero-order chi connectivity index (χ0) is 14.8. The molecule has 0 saturated heterocycles. The highest BCUT2D eigenvalue weighted by molar-refractivity contribution is 7.80. The van der Waals surface area contributed by atoms with Crippen LogP contribution in [-0.2, 0) is 6.54 Å². The molecule has 1 aromatic heterocycles. The quantitative estimate of drug-likeness (QED) is 0.886. The molecule has 108 valence electrons. The monoisotopic (exact) mass is 298 g/mol. The first-order valence-electron chi connectivity index (χ1n) is 7.19. The van der Waals surface area contributed by atoms with Crippen molar-refractivity contribution in [1.82, 2.24) is 15.1 Å². The Bertz CT molecular complexity index is 701. The lowest BCUT2D eigenvalue weighted by atomic mass is 10.1. The molecule has 1 aliphatic rings. The topological polar surface area (TPSA) is 42.2 Å². The van der Waals surface area contributed by atoms with Gasteiger partial charge in [-0.3, -0.25) is 4.68 Å². The van der Waals surface area contributed by atoms with Crippen LogP contribution in [0.15, 0.2) is 35.3 Å². The fraction of sp³-hybridized carbons (Fsp3) is 0.312. The van der Waals surface area contributed by atoms with Crippen molar-refractivity contribution in [3.8, 4) is 0 Å². The summed E-state index contributed by atoms with van der Waals surface area (Å²) >= 11 is 5.52. The van der Waals surface area contributed by atoms with E-state index in [0.717, 1.165) is 46.3 Å². The molecular weight excluding hydrogens is 280 g/mol. The molecule has 1 aromatic carbocycles. The number of hydrogen-bond acceptors (Lipinski definition) is 3. The predicted molar refractivity (Wildman–Crippen MR) is 89.6 cm³/mol. The third kappa shape index (κ3) is 2.61. The molecule has 0 aliphatic carbocycles. The van der Waals surface area contributed by atoms with Crippen LogP contribution in [0, 0.1) is 6.92 Å². The second kappa shape index (κ2) is 5.77. The predicted octanol–water partition coefficient (Wildman–Crippen LogP) is 3.00. The van der Waals surface area contributed by atoms with Crippen molar-refractivity contribution in [3.05, 3.63) is 47.3 Å². The Morgan fingerprint density at radius 1 is 1.29 bits per heavy atom. The summed E-state index contributed by atoms with van der Waals surface area (Å²) in [5.74, 6) is 0. The molecule has 0 amide bonds. The fourth-order valence-corrected chi connectivity index (χ4v) is 2.80. The zero-order valence-electron chi connectivity index (χ0n) is 12.3. The van der Waals surface area contributed by atoms with Gasteiger partial charge < -0.3 is 5.32 Å². The summed E-state index contributed by atoms with van der Waals surface area (Å²) < 4.78 is 1.97. The van der Waals surface area contributed by atoms with Crippen LogP contribution in [0.2, 0.25) is 0 Å². The fourth-order valence-electron chi connectivity index (χ4n) is 2.52. The van der Waals surface area contributed by atoms with Crippen LogP contribution in [0.25, 0.3) is 0 Å². The van der Waals surface area contributed by atoms with Gasteiger partial charge in [0.2, 0.25) is 0 Å². The van der Waals surface area contributed by atoms with Crippen molar-refractivity contribution >= 4 is 28.6 Å². The standard InChI is InChI=1S/C16H18N4S/c1-3-9-20-15-14(11(2)19-20)18-13(10-17-16(15)21)12-7-5-4-6-8-12/h4-8H,3,9-10H2,1-2H3,(H,17,21). The molecule has 1 N–H and O–H groups in total. The van der Waals surface area contributed by atoms with E-state index in [9.17, 15) is 0 Å². The van der Waals surface area contributed by atoms with Crippen LogP contribution in [-0.4, -0.2) is 27.0 Å². The Labute approximate surface area is 129 Å². The normalized spacial score (nSPS) is 14.2. The lowest BCUT2D eigenvalue weighted by Gasteiger charge is -2.08. The number of thiocarbonyl (C=S) groups is 1. The number of nitrogens with zero attached hydrogens (tertiary/aromatic N) is 3. The lowest BCUT2D eigenvalue weighted by molar-refractivity contribution is 0.593. The summed E-state index contributed by atoms with van der Waals surface area (Å²) in [6, 6.07) is 10.2. The maximum absolute atomic E-state index is 5.52. The molecule has 3 rings (SSSR count). The first-order chi connectivity index (χ1) is 10.2. The summed E-state index contributed by atoms with van der Waals surface area (Å²) in [6.07, 6.45) is 1.02. The molecule has 2 heterocycles.